The van der Waals surface area contributed by atoms with E-state index in [0.717, 1.165) is 0 Å². The molecule has 1 aliphatic heterocycles. The molecule has 2 amide bonds. The minimum Gasteiger partial charge on any atom is -0.478 e. The largest absolute Gasteiger partial charge is 0.478 e. The monoisotopic (exact) mass is 407 g/mol. The van der Waals surface area contributed by atoms with E-state index in [4.69, 9.17) is 16.3 Å². The van der Waals surface area contributed by atoms with Gasteiger partial charge in [-0.15, -0.1) is 0 Å². The number of hydrogen-bond donors (Lipinski definition) is 3. The highest BCUT2D eigenvalue weighted by Gasteiger charge is 2.39. The topological polar surface area (TPSA) is 79.5 Å². The maximum Gasteiger partial charge on any atom is 0.263 e. The molecule has 0 bridgehead atoms. The number of carbonyl (C=O) groups excluding carboxylic acids is 2. The van der Waals surface area contributed by atoms with Gasteiger partial charge in [-0.3, -0.25) is 14.9 Å². The van der Waals surface area contributed by atoms with Crippen molar-refractivity contribution >= 4 is 23.4 Å². The highest BCUT2D eigenvalue weighted by molar-refractivity contribution is 6.30. The predicted molar refractivity (Wildman–Crippen MR) is 112 cm³/mol. The van der Waals surface area contributed by atoms with Gasteiger partial charge < -0.3 is 15.4 Å². The first-order valence-corrected chi connectivity index (χ1v) is 9.74. The molecule has 3 N–H and O–H groups in total. The molecule has 7 heteroatoms. The van der Waals surface area contributed by atoms with Crippen LogP contribution in [0.15, 0.2) is 35.9 Å². The smallest absolute Gasteiger partial charge is 0.263 e. The molecule has 0 saturated carbocycles. The van der Waals surface area contributed by atoms with Crippen LogP contribution in [-0.4, -0.2) is 41.6 Å². The molecule has 154 valence electrons. The Kier molecular flexibility index (Phi) is 6.46. The second-order valence-corrected chi connectivity index (χ2v) is 9.04. The van der Waals surface area contributed by atoms with Gasteiger partial charge in [0, 0.05) is 34.8 Å². The number of benzene rings is 1. The first kappa shape index (κ1) is 22.2. The summed E-state index contributed by atoms with van der Waals surface area (Å²) in [5.74, 6) is 0.164. The second-order valence-electron chi connectivity index (χ2n) is 8.61. The first-order valence-electron chi connectivity index (χ1n) is 9.36. The summed E-state index contributed by atoms with van der Waals surface area (Å²) in [7, 11) is 0. The van der Waals surface area contributed by atoms with Gasteiger partial charge in [-0.1, -0.05) is 17.7 Å². The fourth-order valence-corrected chi connectivity index (χ4v) is 3.43. The summed E-state index contributed by atoms with van der Waals surface area (Å²) in [4.78, 5) is 24.9. The Bertz CT molecular complexity index is 768. The van der Waals surface area contributed by atoms with Gasteiger partial charge in [0.15, 0.2) is 5.60 Å². The molecule has 0 atom stereocenters. The van der Waals surface area contributed by atoms with Crippen LogP contribution in [0.3, 0.4) is 0 Å². The van der Waals surface area contributed by atoms with Gasteiger partial charge in [-0.2, -0.15) is 0 Å². The molecule has 0 aromatic heterocycles. The average molecular weight is 408 g/mol. The van der Waals surface area contributed by atoms with E-state index in [1.54, 1.807) is 38.1 Å². The lowest BCUT2D eigenvalue weighted by molar-refractivity contribution is -0.134. The maximum absolute atomic E-state index is 12.5. The van der Waals surface area contributed by atoms with E-state index in [-0.39, 0.29) is 17.4 Å². The summed E-state index contributed by atoms with van der Waals surface area (Å²) in [6.07, 6.45) is 1.95. The lowest BCUT2D eigenvalue weighted by atomic mass is 9.96. The van der Waals surface area contributed by atoms with Crippen LogP contribution in [0.25, 0.3) is 0 Å². The van der Waals surface area contributed by atoms with E-state index in [9.17, 15) is 9.59 Å². The number of amides is 2. The summed E-state index contributed by atoms with van der Waals surface area (Å²) < 4.78 is 5.75. The van der Waals surface area contributed by atoms with E-state index in [1.807, 2.05) is 33.8 Å². The van der Waals surface area contributed by atoms with Crippen molar-refractivity contribution in [3.63, 3.8) is 0 Å². The molecule has 1 aliphatic rings. The van der Waals surface area contributed by atoms with Crippen LogP contribution in [0.1, 0.15) is 41.5 Å². The highest BCUT2D eigenvalue weighted by Crippen LogP contribution is 2.29. The summed E-state index contributed by atoms with van der Waals surface area (Å²) in [6, 6.07) is 6.83. The van der Waals surface area contributed by atoms with E-state index < -0.39 is 11.1 Å². The van der Waals surface area contributed by atoms with Crippen LogP contribution in [0.5, 0.6) is 5.75 Å². The van der Waals surface area contributed by atoms with Crippen molar-refractivity contribution in [2.75, 3.05) is 13.1 Å². The van der Waals surface area contributed by atoms with Gasteiger partial charge in [0.25, 0.3) is 5.91 Å². The predicted octanol–water partition coefficient (Wildman–Crippen LogP) is 2.82. The third kappa shape index (κ3) is 5.72. The Morgan fingerprint density at radius 2 is 1.64 bits per heavy atom. The number of halogens is 1. The molecule has 0 fully saturated rings. The van der Waals surface area contributed by atoms with E-state index >= 15 is 0 Å². The Labute approximate surface area is 172 Å². The van der Waals surface area contributed by atoms with Crippen molar-refractivity contribution in [3.05, 3.63) is 40.9 Å². The van der Waals surface area contributed by atoms with Gasteiger partial charge >= 0.3 is 0 Å². The highest BCUT2D eigenvalue weighted by atomic mass is 35.5. The molecular formula is C21H30ClN3O3. The normalized spacial score (nSPS) is 17.6. The second kappa shape index (κ2) is 8.13. The van der Waals surface area contributed by atoms with Crippen molar-refractivity contribution in [1.82, 2.24) is 16.0 Å². The van der Waals surface area contributed by atoms with Crippen LogP contribution in [0, 0.1) is 0 Å². The molecular weight excluding hydrogens is 378 g/mol. The van der Waals surface area contributed by atoms with Crippen LogP contribution in [0.2, 0.25) is 5.02 Å². The Morgan fingerprint density at radius 3 is 2.18 bits per heavy atom. The van der Waals surface area contributed by atoms with E-state index in [2.05, 4.69) is 16.0 Å². The molecule has 1 aromatic carbocycles. The lowest BCUT2D eigenvalue weighted by Crippen LogP contribution is -2.49. The maximum atomic E-state index is 12.5. The van der Waals surface area contributed by atoms with Crippen LogP contribution < -0.4 is 20.7 Å². The minimum absolute atomic E-state index is 0.131. The van der Waals surface area contributed by atoms with Crippen molar-refractivity contribution in [3.8, 4) is 5.75 Å². The molecule has 28 heavy (non-hydrogen) atoms. The first-order chi connectivity index (χ1) is 12.8. The molecule has 2 rings (SSSR count). The van der Waals surface area contributed by atoms with Gasteiger partial charge in [0.2, 0.25) is 5.91 Å². The zero-order valence-corrected chi connectivity index (χ0v) is 18.2. The minimum atomic E-state index is -1.05. The Hall–Kier alpha value is -2.05. The fraction of sp³-hybridized carbons (Fsp3) is 0.524. The molecule has 0 saturated heterocycles. The third-order valence-electron chi connectivity index (χ3n) is 4.49. The standard InChI is InChI=1S/C21H30ClN3O3/c1-19(2)13-16(20(3,4)25-19)17(26)23-11-12-24-18(27)21(5,6)28-15-9-7-14(22)8-10-15/h7-10,13,25H,11-12H2,1-6H3,(H,23,26)(H,24,27). The van der Waals surface area contributed by atoms with Crippen molar-refractivity contribution in [2.24, 2.45) is 0 Å². The number of rotatable bonds is 7. The molecule has 0 aliphatic carbocycles. The zero-order valence-electron chi connectivity index (χ0n) is 17.4. The van der Waals surface area contributed by atoms with Crippen molar-refractivity contribution in [2.45, 2.75) is 58.2 Å². The SMILES string of the molecule is CC1(C)C=C(C(=O)NCCNC(=O)C(C)(C)Oc2ccc(Cl)cc2)C(C)(C)N1. The molecule has 6 nitrogen and oxygen atoms in total. The number of carbonyl (C=O) groups is 2. The molecule has 1 heterocycles. The lowest BCUT2D eigenvalue weighted by Gasteiger charge is -2.27. The zero-order chi connectivity index (χ0) is 21.2. The van der Waals surface area contributed by atoms with Crippen LogP contribution in [-0.2, 0) is 9.59 Å². The van der Waals surface area contributed by atoms with Gasteiger partial charge in [0.05, 0.1) is 0 Å². The molecule has 0 spiro atoms. The quantitative estimate of drug-likeness (QED) is 0.607. The number of ether oxygens (including phenoxy) is 1. The van der Waals surface area contributed by atoms with E-state index in [1.165, 1.54) is 0 Å². The Morgan fingerprint density at radius 1 is 1.07 bits per heavy atom. The van der Waals surface area contributed by atoms with E-state index in [0.29, 0.717) is 29.4 Å². The van der Waals surface area contributed by atoms with Gasteiger partial charge in [0.1, 0.15) is 5.75 Å². The van der Waals surface area contributed by atoms with Gasteiger partial charge in [-0.25, -0.2) is 0 Å². The molecule has 0 unspecified atom stereocenters. The van der Waals surface area contributed by atoms with Crippen molar-refractivity contribution in [1.29, 1.82) is 0 Å². The van der Waals surface area contributed by atoms with Crippen molar-refractivity contribution < 1.29 is 14.3 Å². The van der Waals surface area contributed by atoms with Gasteiger partial charge in [-0.05, 0) is 65.8 Å². The fourth-order valence-electron chi connectivity index (χ4n) is 3.30. The van der Waals surface area contributed by atoms with Crippen LogP contribution >= 0.6 is 11.6 Å². The molecule has 1 aromatic rings. The third-order valence-corrected chi connectivity index (χ3v) is 4.74. The summed E-state index contributed by atoms with van der Waals surface area (Å²) in [5, 5.41) is 9.67. The summed E-state index contributed by atoms with van der Waals surface area (Å²) in [6.45, 7) is 12.0. The summed E-state index contributed by atoms with van der Waals surface area (Å²) >= 11 is 5.86. The Balaban J connectivity index is 1.81. The average Bonchev–Trinajstić information content (AvgIpc) is 2.80. The number of nitrogens with one attached hydrogen (secondary N) is 3. The molecule has 0 radical (unpaired) electrons. The van der Waals surface area contributed by atoms with Crippen LogP contribution in [0.4, 0.5) is 0 Å². The summed E-state index contributed by atoms with van der Waals surface area (Å²) in [5.41, 5.74) is -0.976. The number of hydrogen-bond acceptors (Lipinski definition) is 4.